The van der Waals surface area contributed by atoms with Gasteiger partial charge < -0.3 is 4.74 Å². The second-order valence-electron chi connectivity index (χ2n) is 4.81. The van der Waals surface area contributed by atoms with Gasteiger partial charge in [0.1, 0.15) is 0 Å². The summed E-state index contributed by atoms with van der Waals surface area (Å²) in [4.78, 5) is 25.7. The van der Waals surface area contributed by atoms with E-state index in [1.165, 1.54) is 15.3 Å². The van der Waals surface area contributed by atoms with Crippen molar-refractivity contribution < 1.29 is 14.3 Å². The molecule has 1 aliphatic rings. The Morgan fingerprint density at radius 3 is 2.47 bits per heavy atom. The largest absolute Gasteiger partial charge is 0.386 e. The number of ether oxygens (including phenoxy) is 1. The molecule has 1 aromatic rings. The summed E-state index contributed by atoms with van der Waals surface area (Å²) >= 11 is 1.74. The number of aryl methyl sites for hydroxylation is 2. The second-order valence-corrected chi connectivity index (χ2v) is 6.27. The van der Waals surface area contributed by atoms with Crippen LogP contribution in [0.5, 0.6) is 0 Å². The van der Waals surface area contributed by atoms with Gasteiger partial charge in [0.05, 0.1) is 11.1 Å². The first-order chi connectivity index (χ1) is 8.90. The molecule has 1 saturated heterocycles. The molecule has 19 heavy (non-hydrogen) atoms. The van der Waals surface area contributed by atoms with Crippen molar-refractivity contribution in [2.45, 2.75) is 34.1 Å². The smallest absolute Gasteiger partial charge is 0.346 e. The van der Waals surface area contributed by atoms with Gasteiger partial charge in [-0.05, 0) is 45.7 Å². The lowest BCUT2D eigenvalue weighted by Crippen LogP contribution is -1.97. The predicted molar refractivity (Wildman–Crippen MR) is 75.1 cm³/mol. The standard InChI is InChI=1S/C15H16O3S/c1-8(2)13-12(14(16)18-15(13)17)6-5-11-7-9(3)19-10(11)4/h6-7H,5H2,1-4H3/b12-6+. The number of allylic oxidation sites excluding steroid dienone is 2. The lowest BCUT2D eigenvalue weighted by Gasteiger charge is -1.98. The molecule has 1 fully saturated rings. The molecule has 0 radical (unpaired) electrons. The Morgan fingerprint density at radius 2 is 1.95 bits per heavy atom. The van der Waals surface area contributed by atoms with E-state index in [1.54, 1.807) is 17.4 Å². The van der Waals surface area contributed by atoms with Gasteiger partial charge in [0.25, 0.3) is 0 Å². The molecule has 0 aliphatic carbocycles. The van der Waals surface area contributed by atoms with Crippen molar-refractivity contribution >= 4 is 23.3 Å². The van der Waals surface area contributed by atoms with Crippen LogP contribution in [0.1, 0.15) is 29.2 Å². The van der Waals surface area contributed by atoms with Crippen LogP contribution in [0.2, 0.25) is 0 Å². The van der Waals surface area contributed by atoms with Crippen LogP contribution in [-0.2, 0) is 20.7 Å². The Labute approximate surface area is 116 Å². The van der Waals surface area contributed by atoms with Crippen LogP contribution in [-0.4, -0.2) is 11.9 Å². The van der Waals surface area contributed by atoms with Gasteiger partial charge in [-0.15, -0.1) is 11.3 Å². The zero-order valence-electron chi connectivity index (χ0n) is 11.5. The third-order valence-electron chi connectivity index (χ3n) is 3.05. The van der Waals surface area contributed by atoms with E-state index in [0.717, 1.165) is 5.57 Å². The van der Waals surface area contributed by atoms with Crippen LogP contribution in [0.15, 0.2) is 28.9 Å². The van der Waals surface area contributed by atoms with Gasteiger partial charge >= 0.3 is 11.9 Å². The van der Waals surface area contributed by atoms with Crippen LogP contribution < -0.4 is 0 Å². The highest BCUT2D eigenvalue weighted by atomic mass is 32.1. The molecule has 3 nitrogen and oxygen atoms in total. The van der Waals surface area contributed by atoms with Crippen molar-refractivity contribution in [3.8, 4) is 0 Å². The third kappa shape index (κ3) is 2.68. The Kier molecular flexibility index (Phi) is 3.71. The summed E-state index contributed by atoms with van der Waals surface area (Å²) < 4.78 is 4.67. The molecule has 0 aromatic carbocycles. The third-order valence-corrected chi connectivity index (χ3v) is 4.06. The summed E-state index contributed by atoms with van der Waals surface area (Å²) in [5.74, 6) is -1.07. The van der Waals surface area contributed by atoms with Crippen molar-refractivity contribution in [1.82, 2.24) is 0 Å². The maximum atomic E-state index is 11.7. The fourth-order valence-electron chi connectivity index (χ4n) is 2.16. The van der Waals surface area contributed by atoms with E-state index in [0.29, 0.717) is 17.6 Å². The van der Waals surface area contributed by atoms with E-state index in [2.05, 4.69) is 24.7 Å². The molecule has 0 saturated carbocycles. The number of thiophene rings is 1. The summed E-state index contributed by atoms with van der Waals surface area (Å²) in [6.45, 7) is 7.74. The van der Waals surface area contributed by atoms with E-state index >= 15 is 0 Å². The van der Waals surface area contributed by atoms with E-state index in [-0.39, 0.29) is 0 Å². The van der Waals surface area contributed by atoms with E-state index in [1.807, 2.05) is 13.8 Å². The predicted octanol–water partition coefficient (Wildman–Crippen LogP) is 3.25. The van der Waals surface area contributed by atoms with E-state index < -0.39 is 11.9 Å². The summed E-state index contributed by atoms with van der Waals surface area (Å²) in [5.41, 5.74) is 2.80. The van der Waals surface area contributed by atoms with Crippen LogP contribution in [0, 0.1) is 13.8 Å². The van der Waals surface area contributed by atoms with E-state index in [4.69, 9.17) is 0 Å². The summed E-state index contributed by atoms with van der Waals surface area (Å²) in [6, 6.07) is 2.11. The van der Waals surface area contributed by atoms with Gasteiger partial charge in [-0.25, -0.2) is 9.59 Å². The molecular weight excluding hydrogens is 260 g/mol. The SMILES string of the molecule is CC(C)=C1C(=O)OC(=O)/C1=C/Cc1cc(C)sc1C. The number of esters is 2. The molecule has 0 amide bonds. The van der Waals surface area contributed by atoms with Crippen molar-refractivity contribution in [3.63, 3.8) is 0 Å². The van der Waals surface area contributed by atoms with Crippen LogP contribution in [0.3, 0.4) is 0 Å². The molecule has 2 heterocycles. The Morgan fingerprint density at radius 1 is 1.26 bits per heavy atom. The van der Waals surface area contributed by atoms with Crippen molar-refractivity contribution in [2.24, 2.45) is 0 Å². The molecular formula is C15H16O3S. The minimum absolute atomic E-state index is 0.397. The molecule has 1 aromatic heterocycles. The van der Waals surface area contributed by atoms with Crippen molar-refractivity contribution in [1.29, 1.82) is 0 Å². The molecule has 1 aliphatic heterocycles. The van der Waals surface area contributed by atoms with Gasteiger partial charge in [-0.3, -0.25) is 0 Å². The lowest BCUT2D eigenvalue weighted by molar-refractivity contribution is -0.149. The van der Waals surface area contributed by atoms with Crippen LogP contribution in [0.25, 0.3) is 0 Å². The molecule has 0 bridgehead atoms. The van der Waals surface area contributed by atoms with Gasteiger partial charge in [0.2, 0.25) is 0 Å². The Bertz CT molecular complexity index is 613. The molecule has 2 rings (SSSR count). The second kappa shape index (κ2) is 5.13. The molecule has 0 unspecified atom stereocenters. The monoisotopic (exact) mass is 276 g/mol. The van der Waals surface area contributed by atoms with E-state index in [9.17, 15) is 9.59 Å². The average Bonchev–Trinajstić information content (AvgIpc) is 2.75. The number of carbonyl (C=O) groups is 2. The summed E-state index contributed by atoms with van der Waals surface area (Å²) in [5, 5.41) is 0. The lowest BCUT2D eigenvalue weighted by atomic mass is 10.0. The zero-order valence-corrected chi connectivity index (χ0v) is 12.3. The first-order valence-electron chi connectivity index (χ1n) is 6.10. The highest BCUT2D eigenvalue weighted by Gasteiger charge is 2.33. The van der Waals surface area contributed by atoms with Gasteiger partial charge in [-0.1, -0.05) is 11.6 Å². The number of cyclic esters (lactones) is 2. The maximum absolute atomic E-state index is 11.7. The number of hydrogen-bond acceptors (Lipinski definition) is 4. The normalized spacial score (nSPS) is 17.3. The molecule has 100 valence electrons. The fourth-order valence-corrected chi connectivity index (χ4v) is 3.12. The van der Waals surface area contributed by atoms with Crippen molar-refractivity contribution in [3.05, 3.63) is 44.2 Å². The highest BCUT2D eigenvalue weighted by molar-refractivity contribution is 7.12. The molecule has 0 N–H and O–H groups in total. The van der Waals surface area contributed by atoms with Crippen LogP contribution >= 0.6 is 11.3 Å². The Hall–Kier alpha value is -1.68. The van der Waals surface area contributed by atoms with Crippen molar-refractivity contribution in [2.75, 3.05) is 0 Å². The molecule has 0 spiro atoms. The minimum atomic E-state index is -0.536. The molecule has 0 atom stereocenters. The van der Waals surface area contributed by atoms with Crippen LogP contribution in [0.4, 0.5) is 0 Å². The highest BCUT2D eigenvalue weighted by Crippen LogP contribution is 2.27. The zero-order chi connectivity index (χ0) is 14.2. The van der Waals surface area contributed by atoms with Gasteiger partial charge in [0, 0.05) is 9.75 Å². The fraction of sp³-hybridized carbons (Fsp3) is 0.333. The summed E-state index contributed by atoms with van der Waals surface area (Å²) in [6.07, 6.45) is 2.44. The Balaban J connectivity index is 2.32. The average molecular weight is 276 g/mol. The van der Waals surface area contributed by atoms with Gasteiger partial charge in [0.15, 0.2) is 0 Å². The summed E-state index contributed by atoms with van der Waals surface area (Å²) in [7, 11) is 0. The number of carbonyl (C=O) groups excluding carboxylic acids is 2. The number of rotatable bonds is 2. The quantitative estimate of drug-likeness (QED) is 0.473. The van der Waals surface area contributed by atoms with Gasteiger partial charge in [-0.2, -0.15) is 0 Å². The topological polar surface area (TPSA) is 43.4 Å². The maximum Gasteiger partial charge on any atom is 0.346 e. The first-order valence-corrected chi connectivity index (χ1v) is 6.92. The molecule has 4 heteroatoms. The number of hydrogen-bond donors (Lipinski definition) is 0. The minimum Gasteiger partial charge on any atom is -0.386 e. The first kappa shape index (κ1) is 13.7.